The van der Waals surface area contributed by atoms with Gasteiger partial charge in [0.1, 0.15) is 6.26 Å². The Morgan fingerprint density at radius 3 is 3.00 bits per heavy atom. The highest BCUT2D eigenvalue weighted by molar-refractivity contribution is 7.13. The standard InChI is InChI=1S/C18H15ClN2O2S/c19-15-5-2-1-4-12(15)13-8-14(13)17(22)20-9-11-10-23-18(21-11)16-6-3-7-24-16/h1-7,10,13-14H,8-9H2,(H,20,22)/t13-,14+/m1/s1. The number of amides is 1. The molecule has 2 aromatic heterocycles. The summed E-state index contributed by atoms with van der Waals surface area (Å²) in [5, 5.41) is 5.64. The van der Waals surface area contributed by atoms with Gasteiger partial charge in [0.15, 0.2) is 0 Å². The monoisotopic (exact) mass is 358 g/mol. The van der Waals surface area contributed by atoms with Gasteiger partial charge in [0.05, 0.1) is 17.1 Å². The summed E-state index contributed by atoms with van der Waals surface area (Å²) in [5.41, 5.74) is 1.78. The maximum Gasteiger partial charge on any atom is 0.236 e. The van der Waals surface area contributed by atoms with Crippen LogP contribution in [-0.2, 0) is 11.3 Å². The average Bonchev–Trinajstić information content (AvgIpc) is 3.00. The quantitative estimate of drug-likeness (QED) is 0.731. The van der Waals surface area contributed by atoms with Gasteiger partial charge in [-0.2, -0.15) is 0 Å². The fourth-order valence-corrected chi connectivity index (χ4v) is 3.75. The number of halogens is 1. The number of carbonyl (C=O) groups is 1. The minimum Gasteiger partial charge on any atom is -0.443 e. The lowest BCUT2D eigenvalue weighted by Gasteiger charge is -2.04. The zero-order valence-electron chi connectivity index (χ0n) is 12.7. The van der Waals surface area contributed by atoms with Crippen LogP contribution >= 0.6 is 22.9 Å². The molecule has 1 aliphatic rings. The predicted molar refractivity (Wildman–Crippen MR) is 94.0 cm³/mol. The van der Waals surface area contributed by atoms with Crippen LogP contribution in [0.3, 0.4) is 0 Å². The van der Waals surface area contributed by atoms with Crippen LogP contribution in [0.5, 0.6) is 0 Å². The normalized spacial score (nSPS) is 19.2. The van der Waals surface area contributed by atoms with Crippen LogP contribution in [0.25, 0.3) is 10.8 Å². The molecule has 1 amide bonds. The maximum atomic E-state index is 12.3. The third-order valence-corrected chi connectivity index (χ3v) is 5.36. The first-order valence-electron chi connectivity index (χ1n) is 7.73. The topological polar surface area (TPSA) is 55.1 Å². The number of hydrogen-bond donors (Lipinski definition) is 1. The molecule has 4 rings (SSSR count). The molecule has 1 saturated carbocycles. The number of aromatic nitrogens is 1. The van der Waals surface area contributed by atoms with E-state index in [0.717, 1.165) is 27.6 Å². The van der Waals surface area contributed by atoms with E-state index in [0.29, 0.717) is 12.4 Å². The van der Waals surface area contributed by atoms with Crippen LogP contribution in [0.4, 0.5) is 0 Å². The first-order chi connectivity index (χ1) is 11.7. The highest BCUT2D eigenvalue weighted by atomic mass is 35.5. The van der Waals surface area contributed by atoms with E-state index in [2.05, 4.69) is 10.3 Å². The van der Waals surface area contributed by atoms with Crippen molar-refractivity contribution in [3.8, 4) is 10.8 Å². The molecule has 2 heterocycles. The minimum absolute atomic E-state index is 0.00596. The number of oxazole rings is 1. The lowest BCUT2D eigenvalue weighted by Crippen LogP contribution is -2.25. The summed E-state index contributed by atoms with van der Waals surface area (Å²) in [5.74, 6) is 0.849. The molecule has 24 heavy (non-hydrogen) atoms. The number of benzene rings is 1. The van der Waals surface area contributed by atoms with Gasteiger partial charge in [0.25, 0.3) is 0 Å². The van der Waals surface area contributed by atoms with Gasteiger partial charge in [-0.15, -0.1) is 11.3 Å². The van der Waals surface area contributed by atoms with Gasteiger partial charge in [-0.05, 0) is 35.4 Å². The molecule has 1 fully saturated rings. The third kappa shape index (κ3) is 3.09. The van der Waals surface area contributed by atoms with Crippen molar-refractivity contribution in [2.45, 2.75) is 18.9 Å². The highest BCUT2D eigenvalue weighted by Gasteiger charge is 2.44. The molecule has 0 bridgehead atoms. The SMILES string of the molecule is O=C(NCc1coc(-c2cccs2)n1)[C@H]1C[C@@H]1c1ccccc1Cl. The number of nitrogens with zero attached hydrogens (tertiary/aromatic N) is 1. The average molecular weight is 359 g/mol. The second-order valence-corrected chi connectivity index (χ2v) is 7.16. The van der Waals surface area contributed by atoms with Crippen molar-refractivity contribution in [2.75, 3.05) is 0 Å². The number of thiophene rings is 1. The van der Waals surface area contributed by atoms with Crippen molar-refractivity contribution < 1.29 is 9.21 Å². The molecule has 1 aromatic carbocycles. The zero-order chi connectivity index (χ0) is 16.5. The largest absolute Gasteiger partial charge is 0.443 e. The predicted octanol–water partition coefficient (Wildman–Crippen LogP) is 4.48. The molecule has 0 spiro atoms. The zero-order valence-corrected chi connectivity index (χ0v) is 14.3. The molecule has 6 heteroatoms. The van der Waals surface area contributed by atoms with Crippen LogP contribution in [0.2, 0.25) is 5.02 Å². The van der Waals surface area contributed by atoms with Crippen LogP contribution in [0, 0.1) is 5.92 Å². The van der Waals surface area contributed by atoms with Gasteiger partial charge in [-0.1, -0.05) is 35.9 Å². The molecule has 3 aromatic rings. The summed E-state index contributed by atoms with van der Waals surface area (Å²) in [7, 11) is 0. The second-order valence-electron chi connectivity index (χ2n) is 5.81. The Morgan fingerprint density at radius 2 is 2.21 bits per heavy atom. The second kappa shape index (κ2) is 6.42. The Balaban J connectivity index is 1.34. The molecule has 4 nitrogen and oxygen atoms in total. The summed E-state index contributed by atoms with van der Waals surface area (Å²) in [6.45, 7) is 0.374. The minimum atomic E-state index is -0.00596. The van der Waals surface area contributed by atoms with Gasteiger partial charge in [-0.3, -0.25) is 4.79 Å². The molecular formula is C18H15ClN2O2S. The molecule has 0 radical (unpaired) electrons. The Hall–Kier alpha value is -2.11. The molecule has 122 valence electrons. The van der Waals surface area contributed by atoms with Crippen molar-refractivity contribution in [2.24, 2.45) is 5.92 Å². The van der Waals surface area contributed by atoms with Crippen LogP contribution < -0.4 is 5.32 Å². The lowest BCUT2D eigenvalue weighted by atomic mass is 10.1. The number of nitrogens with one attached hydrogen (secondary N) is 1. The number of rotatable bonds is 5. The first kappa shape index (κ1) is 15.4. The smallest absolute Gasteiger partial charge is 0.236 e. The number of carbonyl (C=O) groups excluding carboxylic acids is 1. The molecule has 1 aliphatic carbocycles. The molecule has 0 aliphatic heterocycles. The lowest BCUT2D eigenvalue weighted by molar-refractivity contribution is -0.122. The van der Waals surface area contributed by atoms with Gasteiger partial charge in [0, 0.05) is 10.9 Å². The fourth-order valence-electron chi connectivity index (χ4n) is 2.81. The van der Waals surface area contributed by atoms with E-state index < -0.39 is 0 Å². The van der Waals surface area contributed by atoms with Crippen LogP contribution in [0.15, 0.2) is 52.5 Å². The first-order valence-corrected chi connectivity index (χ1v) is 8.98. The van der Waals surface area contributed by atoms with E-state index >= 15 is 0 Å². The summed E-state index contributed by atoms with van der Waals surface area (Å²) < 4.78 is 5.45. The molecule has 0 saturated heterocycles. The van der Waals surface area contributed by atoms with Crippen LogP contribution in [0.1, 0.15) is 23.6 Å². The van der Waals surface area contributed by atoms with Crippen molar-refractivity contribution >= 4 is 28.8 Å². The van der Waals surface area contributed by atoms with E-state index in [-0.39, 0.29) is 17.7 Å². The van der Waals surface area contributed by atoms with Gasteiger partial charge >= 0.3 is 0 Å². The highest BCUT2D eigenvalue weighted by Crippen LogP contribution is 2.49. The van der Waals surface area contributed by atoms with E-state index in [9.17, 15) is 4.79 Å². The van der Waals surface area contributed by atoms with E-state index in [1.54, 1.807) is 17.6 Å². The van der Waals surface area contributed by atoms with E-state index in [1.165, 1.54) is 0 Å². The molecular weight excluding hydrogens is 344 g/mol. The third-order valence-electron chi connectivity index (χ3n) is 4.16. The Morgan fingerprint density at radius 1 is 1.33 bits per heavy atom. The summed E-state index contributed by atoms with van der Waals surface area (Å²) >= 11 is 7.77. The Labute approximate surface area is 148 Å². The summed E-state index contributed by atoms with van der Waals surface area (Å²) in [6.07, 6.45) is 2.43. The molecule has 2 atom stereocenters. The van der Waals surface area contributed by atoms with Crippen molar-refractivity contribution in [3.63, 3.8) is 0 Å². The summed E-state index contributed by atoms with van der Waals surface area (Å²) in [4.78, 5) is 17.7. The summed E-state index contributed by atoms with van der Waals surface area (Å²) in [6, 6.07) is 11.6. The fraction of sp³-hybridized carbons (Fsp3) is 0.222. The van der Waals surface area contributed by atoms with Gasteiger partial charge < -0.3 is 9.73 Å². The molecule has 0 unspecified atom stereocenters. The Kier molecular flexibility index (Phi) is 4.12. The maximum absolute atomic E-state index is 12.3. The van der Waals surface area contributed by atoms with Crippen molar-refractivity contribution in [3.05, 3.63) is 64.3 Å². The number of hydrogen-bond acceptors (Lipinski definition) is 4. The van der Waals surface area contributed by atoms with Gasteiger partial charge in [0.2, 0.25) is 11.8 Å². The van der Waals surface area contributed by atoms with E-state index in [1.807, 2.05) is 41.8 Å². The van der Waals surface area contributed by atoms with Crippen molar-refractivity contribution in [1.29, 1.82) is 0 Å². The molecule has 1 N–H and O–H groups in total. The van der Waals surface area contributed by atoms with Crippen molar-refractivity contribution in [1.82, 2.24) is 10.3 Å². The van der Waals surface area contributed by atoms with Crippen LogP contribution in [-0.4, -0.2) is 10.9 Å². The van der Waals surface area contributed by atoms with Gasteiger partial charge in [-0.25, -0.2) is 4.98 Å². The van der Waals surface area contributed by atoms with E-state index in [4.69, 9.17) is 16.0 Å². The Bertz CT molecular complexity index is 860.